The fourth-order valence-corrected chi connectivity index (χ4v) is 5.64. The van der Waals surface area contributed by atoms with Gasteiger partial charge in [0.1, 0.15) is 0 Å². The second kappa shape index (κ2) is 10.6. The molecule has 0 bridgehead atoms. The Hall–Kier alpha value is -4.08. The van der Waals surface area contributed by atoms with Crippen molar-refractivity contribution in [3.63, 3.8) is 0 Å². The first-order chi connectivity index (χ1) is 18.8. The molecular weight excluding hydrogens is 496 g/mol. The minimum absolute atomic E-state index is 0.0620. The molecule has 202 valence electrons. The maximum atomic E-state index is 13.6. The average Bonchev–Trinajstić information content (AvgIpc) is 3.51. The van der Waals surface area contributed by atoms with Crippen LogP contribution in [-0.2, 0) is 15.2 Å². The van der Waals surface area contributed by atoms with E-state index in [9.17, 15) is 24.6 Å². The van der Waals surface area contributed by atoms with Gasteiger partial charge in [-0.15, -0.1) is 6.58 Å². The number of likely N-dealkylation sites (tertiary alicyclic amines) is 1. The summed E-state index contributed by atoms with van der Waals surface area (Å²) in [5.74, 6) is -1.29. The highest BCUT2D eigenvalue weighted by Gasteiger charge is 2.52. The van der Waals surface area contributed by atoms with Gasteiger partial charge in [-0.1, -0.05) is 43.4 Å². The molecule has 0 saturated carbocycles. The van der Waals surface area contributed by atoms with Gasteiger partial charge in [-0.2, -0.15) is 9.78 Å². The predicted octanol–water partition coefficient (Wildman–Crippen LogP) is 2.67. The summed E-state index contributed by atoms with van der Waals surface area (Å²) < 4.78 is 1.26. The zero-order valence-electron chi connectivity index (χ0n) is 21.9. The van der Waals surface area contributed by atoms with Gasteiger partial charge in [0.05, 0.1) is 35.6 Å². The third-order valence-electron chi connectivity index (χ3n) is 7.79. The summed E-state index contributed by atoms with van der Waals surface area (Å²) in [6.07, 6.45) is 8.28. The fraction of sp³-hybridized carbons (Fsp3) is 0.333. The molecule has 3 aromatic rings. The number of nitrogens with zero attached hydrogens (tertiary/aromatic N) is 4. The SMILES string of the molecule is C=CCN1C(=O)[C@@](O)([C@@H](C)/C=C/CC(=O)N2CCC[C@H]2CO)c2cc(-n3ncc4ccccc4c3=O)ccc21. The van der Waals surface area contributed by atoms with E-state index in [0.29, 0.717) is 28.9 Å². The van der Waals surface area contributed by atoms with E-state index < -0.39 is 17.4 Å². The van der Waals surface area contributed by atoms with Gasteiger partial charge in [-0.3, -0.25) is 14.4 Å². The third-order valence-corrected chi connectivity index (χ3v) is 7.79. The smallest absolute Gasteiger partial charge is 0.279 e. The summed E-state index contributed by atoms with van der Waals surface area (Å²) in [5.41, 5.74) is -0.920. The maximum Gasteiger partial charge on any atom is 0.279 e. The first-order valence-electron chi connectivity index (χ1n) is 13.2. The molecule has 3 atom stereocenters. The Bertz CT molecular complexity index is 1530. The number of aliphatic hydroxyl groups is 2. The Morgan fingerprint density at radius 1 is 1.26 bits per heavy atom. The number of hydrogen-bond acceptors (Lipinski definition) is 6. The van der Waals surface area contributed by atoms with Gasteiger partial charge in [-0.05, 0) is 37.1 Å². The quantitative estimate of drug-likeness (QED) is 0.435. The zero-order chi connectivity index (χ0) is 27.7. The van der Waals surface area contributed by atoms with Gasteiger partial charge in [0.2, 0.25) is 5.91 Å². The van der Waals surface area contributed by atoms with E-state index in [2.05, 4.69) is 11.7 Å². The second-order valence-corrected chi connectivity index (χ2v) is 10.1. The molecule has 1 fully saturated rings. The van der Waals surface area contributed by atoms with Crippen LogP contribution in [-0.4, -0.2) is 62.4 Å². The third kappa shape index (κ3) is 4.47. The van der Waals surface area contributed by atoms with Crippen LogP contribution in [0.3, 0.4) is 0 Å². The lowest BCUT2D eigenvalue weighted by atomic mass is 9.82. The number of anilines is 1. The lowest BCUT2D eigenvalue weighted by Crippen LogP contribution is -2.44. The van der Waals surface area contributed by atoms with Crippen LogP contribution in [0.25, 0.3) is 16.5 Å². The Balaban J connectivity index is 1.49. The van der Waals surface area contributed by atoms with Crippen molar-refractivity contribution >= 4 is 28.3 Å². The molecule has 1 aromatic heterocycles. The van der Waals surface area contributed by atoms with Crippen LogP contribution in [0.15, 0.2) is 78.3 Å². The minimum atomic E-state index is -1.92. The summed E-state index contributed by atoms with van der Waals surface area (Å²) in [4.78, 5) is 42.7. The van der Waals surface area contributed by atoms with E-state index in [-0.39, 0.29) is 37.1 Å². The number of carbonyl (C=O) groups is 2. The molecule has 2 amide bonds. The molecular formula is C30H32N4O5. The first kappa shape index (κ1) is 26.5. The standard InChI is InChI=1S/C30H32N4O5/c1-3-15-33-26-14-13-22(34-28(37)24-11-5-4-9-21(24)18-31-34)17-25(26)30(39,29(33)38)20(2)8-6-12-27(36)32-16-7-10-23(32)19-35/h3-6,8-9,11,13-14,17-18,20,23,35,39H,1,7,10,12,15-16,19H2,2H3/b8-6+/t20-,23-,30+/m0/s1. The monoisotopic (exact) mass is 528 g/mol. The number of fused-ring (bicyclic) bond motifs is 2. The van der Waals surface area contributed by atoms with Crippen LogP contribution in [0.2, 0.25) is 0 Å². The topological polar surface area (TPSA) is 116 Å². The number of benzene rings is 2. The van der Waals surface area contributed by atoms with E-state index in [1.54, 1.807) is 66.6 Å². The van der Waals surface area contributed by atoms with E-state index in [0.717, 1.165) is 18.2 Å². The van der Waals surface area contributed by atoms with Crippen molar-refractivity contribution in [2.75, 3.05) is 24.6 Å². The van der Waals surface area contributed by atoms with E-state index in [1.807, 2.05) is 12.1 Å². The number of amides is 2. The summed E-state index contributed by atoms with van der Waals surface area (Å²) in [5, 5.41) is 27.0. The highest BCUT2D eigenvalue weighted by molar-refractivity contribution is 6.07. The normalized spacial score (nSPS) is 21.6. The summed E-state index contributed by atoms with van der Waals surface area (Å²) in [6, 6.07) is 12.0. The number of aromatic nitrogens is 2. The van der Waals surface area contributed by atoms with E-state index >= 15 is 0 Å². The zero-order valence-corrected chi connectivity index (χ0v) is 21.9. The molecule has 9 heteroatoms. The predicted molar refractivity (Wildman–Crippen MR) is 149 cm³/mol. The van der Waals surface area contributed by atoms with Gasteiger partial charge in [0.25, 0.3) is 11.5 Å². The first-order valence-corrected chi connectivity index (χ1v) is 13.2. The van der Waals surface area contributed by atoms with Crippen molar-refractivity contribution in [2.24, 2.45) is 5.92 Å². The van der Waals surface area contributed by atoms with Crippen LogP contribution in [0.1, 0.15) is 31.7 Å². The van der Waals surface area contributed by atoms with Crippen LogP contribution >= 0.6 is 0 Å². The number of rotatable bonds is 8. The van der Waals surface area contributed by atoms with Crippen molar-refractivity contribution in [1.82, 2.24) is 14.7 Å². The molecule has 1 saturated heterocycles. The molecule has 39 heavy (non-hydrogen) atoms. The van der Waals surface area contributed by atoms with Gasteiger partial charge >= 0.3 is 0 Å². The molecule has 0 spiro atoms. The average molecular weight is 529 g/mol. The lowest BCUT2D eigenvalue weighted by molar-refractivity contribution is -0.139. The number of carbonyl (C=O) groups excluding carboxylic acids is 2. The van der Waals surface area contributed by atoms with Crippen molar-refractivity contribution < 1.29 is 19.8 Å². The van der Waals surface area contributed by atoms with Crippen LogP contribution in [0.5, 0.6) is 0 Å². The summed E-state index contributed by atoms with van der Waals surface area (Å²) in [6.45, 7) is 6.22. The fourth-order valence-electron chi connectivity index (χ4n) is 5.64. The van der Waals surface area contributed by atoms with Gasteiger partial charge in [0, 0.05) is 36.4 Å². The molecule has 2 aliphatic heterocycles. The summed E-state index contributed by atoms with van der Waals surface area (Å²) >= 11 is 0. The highest BCUT2D eigenvalue weighted by Crippen LogP contribution is 2.45. The molecule has 9 nitrogen and oxygen atoms in total. The maximum absolute atomic E-state index is 13.6. The molecule has 3 heterocycles. The Labute approximate surface area is 226 Å². The molecule has 5 rings (SSSR count). The van der Waals surface area contributed by atoms with E-state index in [1.165, 1.54) is 9.58 Å². The molecule has 0 unspecified atom stereocenters. The Morgan fingerprint density at radius 2 is 2.05 bits per heavy atom. The van der Waals surface area contributed by atoms with Gasteiger partial charge in [-0.25, -0.2) is 0 Å². The second-order valence-electron chi connectivity index (χ2n) is 10.1. The van der Waals surface area contributed by atoms with Crippen molar-refractivity contribution in [3.8, 4) is 5.69 Å². The molecule has 2 N–H and O–H groups in total. The van der Waals surface area contributed by atoms with Crippen molar-refractivity contribution in [1.29, 1.82) is 0 Å². The minimum Gasteiger partial charge on any atom is -0.394 e. The van der Waals surface area contributed by atoms with Gasteiger partial charge < -0.3 is 20.0 Å². The van der Waals surface area contributed by atoms with Crippen LogP contribution in [0, 0.1) is 5.92 Å². The van der Waals surface area contributed by atoms with Crippen molar-refractivity contribution in [3.05, 3.63) is 89.4 Å². The number of hydrogen-bond donors (Lipinski definition) is 2. The number of aliphatic hydroxyl groups excluding tert-OH is 1. The van der Waals surface area contributed by atoms with Crippen LogP contribution in [0.4, 0.5) is 5.69 Å². The molecule has 0 aliphatic carbocycles. The largest absolute Gasteiger partial charge is 0.394 e. The van der Waals surface area contributed by atoms with Crippen LogP contribution < -0.4 is 10.5 Å². The summed E-state index contributed by atoms with van der Waals surface area (Å²) in [7, 11) is 0. The Kier molecular flexibility index (Phi) is 7.20. The molecule has 0 radical (unpaired) electrons. The Morgan fingerprint density at radius 3 is 2.82 bits per heavy atom. The molecule has 2 aliphatic rings. The highest BCUT2D eigenvalue weighted by atomic mass is 16.3. The lowest BCUT2D eigenvalue weighted by Gasteiger charge is -2.27. The van der Waals surface area contributed by atoms with Gasteiger partial charge in [0.15, 0.2) is 5.60 Å². The molecule has 2 aromatic carbocycles. The van der Waals surface area contributed by atoms with E-state index in [4.69, 9.17) is 0 Å². The van der Waals surface area contributed by atoms with Crippen molar-refractivity contribution in [2.45, 2.75) is 37.8 Å².